The van der Waals surface area contributed by atoms with Crippen molar-refractivity contribution in [1.29, 1.82) is 0 Å². The molecule has 3 nitrogen and oxygen atoms in total. The molecule has 1 aliphatic rings. The second-order valence-electron chi connectivity index (χ2n) is 5.82. The summed E-state index contributed by atoms with van der Waals surface area (Å²) in [5.41, 5.74) is 6.62. The molecule has 3 aromatic rings. The summed E-state index contributed by atoms with van der Waals surface area (Å²) in [5.74, 6) is 0.895. The fraction of sp³-hybridized carbons (Fsp3) is 0.263. The number of hydrogen-bond donors (Lipinski definition) is 2. The van der Waals surface area contributed by atoms with Gasteiger partial charge in [-0.05, 0) is 53.9 Å². The van der Waals surface area contributed by atoms with Gasteiger partial charge in [0.25, 0.3) is 0 Å². The molecule has 0 fully saturated rings. The van der Waals surface area contributed by atoms with E-state index in [9.17, 15) is 0 Å². The summed E-state index contributed by atoms with van der Waals surface area (Å²) in [6.45, 7) is 2.12. The molecule has 2 N–H and O–H groups in total. The Morgan fingerprint density at radius 2 is 1.65 bits per heavy atom. The third kappa shape index (κ3) is 2.94. The largest absolute Gasteiger partial charge is 0.497 e. The lowest BCUT2D eigenvalue weighted by Crippen LogP contribution is -2.16. The predicted molar refractivity (Wildman–Crippen MR) is 97.8 cm³/mol. The molecule has 2 aromatic carbocycles. The molecule has 1 aromatic heterocycles. The van der Waals surface area contributed by atoms with Gasteiger partial charge in [-0.25, -0.2) is 0 Å². The van der Waals surface area contributed by atoms with Crippen molar-refractivity contribution in [3.8, 4) is 16.9 Å². The number of ether oxygens (including phenoxy) is 1. The number of aromatic amines is 1. The first-order chi connectivity index (χ1) is 10.8. The van der Waals surface area contributed by atoms with E-state index in [4.69, 9.17) is 4.74 Å². The number of benzene rings is 2. The van der Waals surface area contributed by atoms with Gasteiger partial charge in [-0.1, -0.05) is 18.2 Å². The van der Waals surface area contributed by atoms with Crippen molar-refractivity contribution >= 4 is 23.3 Å². The summed E-state index contributed by atoms with van der Waals surface area (Å²) in [6.07, 6.45) is 2.18. The van der Waals surface area contributed by atoms with E-state index in [-0.39, 0.29) is 12.4 Å². The first kappa shape index (κ1) is 15.9. The lowest BCUT2D eigenvalue weighted by molar-refractivity contribution is 0.415. The topological polar surface area (TPSA) is 37.0 Å². The average Bonchev–Trinajstić information content (AvgIpc) is 2.75. The Labute approximate surface area is 142 Å². The van der Waals surface area contributed by atoms with Crippen molar-refractivity contribution in [2.75, 3.05) is 20.2 Å². The highest BCUT2D eigenvalue weighted by Gasteiger charge is 2.14. The van der Waals surface area contributed by atoms with Crippen LogP contribution in [-0.2, 0) is 12.8 Å². The number of H-pyrrole nitrogens is 1. The van der Waals surface area contributed by atoms with Gasteiger partial charge in [-0.15, -0.1) is 12.4 Å². The summed E-state index contributed by atoms with van der Waals surface area (Å²) in [6, 6.07) is 15.0. The molecule has 120 valence electrons. The Morgan fingerprint density at radius 3 is 2.43 bits per heavy atom. The molecule has 0 saturated heterocycles. The Hall–Kier alpha value is -1.97. The van der Waals surface area contributed by atoms with E-state index in [0.29, 0.717) is 0 Å². The number of methoxy groups -OCH3 is 1. The second kappa shape index (κ2) is 6.65. The van der Waals surface area contributed by atoms with E-state index < -0.39 is 0 Å². The van der Waals surface area contributed by atoms with E-state index in [2.05, 4.69) is 40.6 Å². The second-order valence-corrected chi connectivity index (χ2v) is 5.82. The van der Waals surface area contributed by atoms with Gasteiger partial charge in [-0.2, -0.15) is 0 Å². The van der Waals surface area contributed by atoms with Gasteiger partial charge >= 0.3 is 0 Å². The Kier molecular flexibility index (Phi) is 4.60. The van der Waals surface area contributed by atoms with Crippen LogP contribution in [-0.4, -0.2) is 25.2 Å². The van der Waals surface area contributed by atoms with Gasteiger partial charge in [0.1, 0.15) is 5.75 Å². The fourth-order valence-corrected chi connectivity index (χ4v) is 3.32. The Balaban J connectivity index is 0.00000156. The van der Waals surface area contributed by atoms with Crippen LogP contribution in [0.1, 0.15) is 11.3 Å². The number of fused-ring (bicyclic) bond motifs is 3. The molecule has 0 spiro atoms. The number of hydrogen-bond acceptors (Lipinski definition) is 2. The minimum atomic E-state index is 0. The quantitative estimate of drug-likeness (QED) is 0.747. The molecule has 0 aliphatic carbocycles. The molecule has 2 heterocycles. The van der Waals surface area contributed by atoms with Crippen molar-refractivity contribution in [3.05, 3.63) is 53.7 Å². The van der Waals surface area contributed by atoms with Crippen LogP contribution in [0.2, 0.25) is 0 Å². The molecule has 0 radical (unpaired) electrons. The summed E-state index contributed by atoms with van der Waals surface area (Å²) in [4.78, 5) is 3.59. The molecule has 0 amide bonds. The molecule has 4 heteroatoms. The van der Waals surface area contributed by atoms with Crippen LogP contribution in [0.5, 0.6) is 5.75 Å². The predicted octanol–water partition coefficient (Wildman–Crippen LogP) is 3.95. The van der Waals surface area contributed by atoms with Gasteiger partial charge in [0.2, 0.25) is 0 Å². The number of rotatable bonds is 2. The van der Waals surface area contributed by atoms with Gasteiger partial charge < -0.3 is 15.0 Å². The molecule has 0 bridgehead atoms. The summed E-state index contributed by atoms with van der Waals surface area (Å²) < 4.78 is 5.24. The lowest BCUT2D eigenvalue weighted by atomic mass is 10.0. The number of halogens is 1. The van der Waals surface area contributed by atoms with Gasteiger partial charge in [0, 0.05) is 29.6 Å². The van der Waals surface area contributed by atoms with E-state index in [1.54, 1.807) is 7.11 Å². The lowest BCUT2D eigenvalue weighted by Gasteiger charge is -2.05. The molecule has 1 aliphatic heterocycles. The van der Waals surface area contributed by atoms with Crippen molar-refractivity contribution in [2.45, 2.75) is 12.8 Å². The van der Waals surface area contributed by atoms with Crippen LogP contribution in [0.15, 0.2) is 42.5 Å². The standard InChI is InChI=1S/C19H20N2O.ClH/c1-22-15-5-2-13(3-6-15)14-4-7-18-17(12-14)16-8-10-20-11-9-19(16)21-18;/h2-7,12,20-21H,8-11H2,1H3;1H. The number of nitrogens with one attached hydrogen (secondary N) is 2. The van der Waals surface area contributed by atoms with Crippen LogP contribution >= 0.6 is 12.4 Å². The molecular weight excluding hydrogens is 308 g/mol. The first-order valence-corrected chi connectivity index (χ1v) is 7.84. The highest BCUT2D eigenvalue weighted by atomic mass is 35.5. The normalized spacial score (nSPS) is 14.0. The summed E-state index contributed by atoms with van der Waals surface area (Å²) in [7, 11) is 1.70. The van der Waals surface area contributed by atoms with Gasteiger partial charge in [-0.3, -0.25) is 0 Å². The van der Waals surface area contributed by atoms with Gasteiger partial charge in [0.05, 0.1) is 7.11 Å². The molecule has 0 unspecified atom stereocenters. The monoisotopic (exact) mass is 328 g/mol. The third-order valence-corrected chi connectivity index (χ3v) is 4.52. The van der Waals surface area contributed by atoms with Crippen molar-refractivity contribution in [3.63, 3.8) is 0 Å². The molecule has 23 heavy (non-hydrogen) atoms. The molecule has 4 rings (SSSR count). The van der Waals surface area contributed by atoms with Crippen LogP contribution in [0.3, 0.4) is 0 Å². The van der Waals surface area contributed by atoms with Crippen LogP contribution in [0.4, 0.5) is 0 Å². The maximum atomic E-state index is 5.24. The average molecular weight is 329 g/mol. The molecular formula is C19H21ClN2O. The molecule has 0 atom stereocenters. The van der Waals surface area contributed by atoms with Crippen LogP contribution in [0.25, 0.3) is 22.0 Å². The maximum Gasteiger partial charge on any atom is 0.118 e. The Bertz CT molecular complexity index is 808. The van der Waals surface area contributed by atoms with Crippen molar-refractivity contribution in [2.24, 2.45) is 0 Å². The number of aromatic nitrogens is 1. The SMILES string of the molecule is COc1ccc(-c2ccc3[nH]c4c(c3c2)CCNCC4)cc1.Cl. The summed E-state index contributed by atoms with van der Waals surface area (Å²) >= 11 is 0. The first-order valence-electron chi connectivity index (χ1n) is 7.84. The minimum Gasteiger partial charge on any atom is -0.497 e. The van der Waals surface area contributed by atoms with Crippen LogP contribution in [0, 0.1) is 0 Å². The van der Waals surface area contributed by atoms with E-state index >= 15 is 0 Å². The third-order valence-electron chi connectivity index (χ3n) is 4.52. The van der Waals surface area contributed by atoms with E-state index in [1.165, 1.54) is 33.3 Å². The van der Waals surface area contributed by atoms with E-state index in [0.717, 1.165) is 31.7 Å². The molecule has 0 saturated carbocycles. The smallest absolute Gasteiger partial charge is 0.118 e. The fourth-order valence-electron chi connectivity index (χ4n) is 3.32. The zero-order chi connectivity index (χ0) is 14.9. The van der Waals surface area contributed by atoms with Crippen molar-refractivity contribution in [1.82, 2.24) is 10.3 Å². The zero-order valence-electron chi connectivity index (χ0n) is 13.2. The minimum absolute atomic E-state index is 0. The maximum absolute atomic E-state index is 5.24. The van der Waals surface area contributed by atoms with Crippen molar-refractivity contribution < 1.29 is 4.74 Å². The highest BCUT2D eigenvalue weighted by molar-refractivity contribution is 5.89. The Morgan fingerprint density at radius 1 is 0.913 bits per heavy atom. The zero-order valence-corrected chi connectivity index (χ0v) is 14.0. The van der Waals surface area contributed by atoms with E-state index in [1.807, 2.05) is 12.1 Å². The van der Waals surface area contributed by atoms with Crippen LogP contribution < -0.4 is 10.1 Å². The van der Waals surface area contributed by atoms with Gasteiger partial charge in [0.15, 0.2) is 0 Å². The highest BCUT2D eigenvalue weighted by Crippen LogP contribution is 2.30. The summed E-state index contributed by atoms with van der Waals surface area (Å²) in [5, 5.41) is 4.84.